The highest BCUT2D eigenvalue weighted by Crippen LogP contribution is 2.39. The van der Waals surface area contributed by atoms with E-state index in [1.54, 1.807) is 0 Å². The molecule has 0 aliphatic rings. The topological polar surface area (TPSA) is 21.7 Å². The molecule has 0 saturated carbocycles. The molecule has 0 atom stereocenters. The Hall–Kier alpha value is -4.11. The highest BCUT2D eigenvalue weighted by atomic mass is 15.2. The van der Waals surface area contributed by atoms with Gasteiger partial charge in [-0.1, -0.05) is 66.7 Å². The van der Waals surface area contributed by atoms with Crippen LogP contribution in [0.3, 0.4) is 0 Å². The average molecular weight is 381 g/mol. The summed E-state index contributed by atoms with van der Waals surface area (Å²) in [5.41, 5.74) is 5.87. The van der Waals surface area contributed by atoms with Gasteiger partial charge < -0.3 is 0 Å². The summed E-state index contributed by atoms with van der Waals surface area (Å²) in [5.74, 6) is 0.983. The molecule has 0 N–H and O–H groups in total. The minimum Gasteiger partial charge on any atom is -0.277 e. The summed E-state index contributed by atoms with van der Waals surface area (Å²) in [6, 6.07) is 32.7. The van der Waals surface area contributed by atoms with Crippen molar-refractivity contribution in [3.63, 3.8) is 0 Å². The standard InChI is InChI=1S/C27H15N3/c1-2-8-18-15-24-21(14-17(18)7-1)28-27-29(24)23-11-5-10-20-25-19-9-4-3-6-16(19)12-13-22(25)30(27)26(20)23/h1-15H. The number of nitrogens with zero attached hydrogens (tertiary/aromatic N) is 3. The maximum absolute atomic E-state index is 5.11. The molecular weight excluding hydrogens is 366 g/mol. The van der Waals surface area contributed by atoms with Crippen LogP contribution in [0.15, 0.2) is 91.0 Å². The van der Waals surface area contributed by atoms with Crippen LogP contribution >= 0.6 is 0 Å². The van der Waals surface area contributed by atoms with E-state index in [1.165, 1.54) is 48.9 Å². The van der Waals surface area contributed by atoms with Gasteiger partial charge in [0.2, 0.25) is 5.78 Å². The molecule has 30 heavy (non-hydrogen) atoms. The number of aromatic nitrogens is 3. The van der Waals surface area contributed by atoms with E-state index < -0.39 is 0 Å². The normalized spacial score (nSPS) is 12.7. The second-order valence-corrected chi connectivity index (χ2v) is 8.12. The summed E-state index contributed by atoms with van der Waals surface area (Å²) < 4.78 is 4.66. The molecule has 0 aliphatic carbocycles. The van der Waals surface area contributed by atoms with E-state index in [0.29, 0.717) is 0 Å². The Morgan fingerprint density at radius 3 is 2.20 bits per heavy atom. The van der Waals surface area contributed by atoms with Crippen LogP contribution in [-0.2, 0) is 0 Å². The van der Waals surface area contributed by atoms with Crippen molar-refractivity contribution in [1.29, 1.82) is 0 Å². The Labute approximate surface area is 170 Å². The number of hydrogen-bond acceptors (Lipinski definition) is 1. The van der Waals surface area contributed by atoms with Crippen LogP contribution in [0, 0.1) is 0 Å². The maximum atomic E-state index is 5.11. The lowest BCUT2D eigenvalue weighted by molar-refractivity contribution is 1.22. The van der Waals surface area contributed by atoms with Crippen molar-refractivity contribution < 1.29 is 0 Å². The van der Waals surface area contributed by atoms with Gasteiger partial charge in [-0.15, -0.1) is 0 Å². The smallest absolute Gasteiger partial charge is 0.220 e. The van der Waals surface area contributed by atoms with Crippen LogP contribution in [0.25, 0.3) is 65.7 Å². The molecule has 0 radical (unpaired) electrons. The third kappa shape index (κ3) is 1.58. The molecule has 0 bridgehead atoms. The highest BCUT2D eigenvalue weighted by Gasteiger charge is 2.21. The van der Waals surface area contributed by atoms with Crippen LogP contribution in [0.4, 0.5) is 0 Å². The van der Waals surface area contributed by atoms with Gasteiger partial charge in [-0.2, -0.15) is 0 Å². The molecule has 138 valence electrons. The van der Waals surface area contributed by atoms with Crippen LogP contribution in [0.1, 0.15) is 0 Å². The fourth-order valence-corrected chi connectivity index (χ4v) is 5.34. The number of fused-ring (bicyclic) bond motifs is 11. The van der Waals surface area contributed by atoms with E-state index in [4.69, 9.17) is 4.98 Å². The van der Waals surface area contributed by atoms with Crippen molar-refractivity contribution in [2.45, 2.75) is 0 Å². The third-order valence-corrected chi connectivity index (χ3v) is 6.60. The zero-order valence-corrected chi connectivity index (χ0v) is 16.0. The molecule has 8 aromatic rings. The number of hydrogen-bond donors (Lipinski definition) is 0. The van der Waals surface area contributed by atoms with Crippen molar-refractivity contribution in [2.24, 2.45) is 0 Å². The zero-order chi connectivity index (χ0) is 19.4. The Bertz CT molecular complexity index is 1950. The van der Waals surface area contributed by atoms with E-state index in [9.17, 15) is 0 Å². The SMILES string of the molecule is c1ccc2cc3c(cc2c1)nc1n3c2cccc3c4c5ccccc5ccc4n1c32. The number of benzene rings is 5. The van der Waals surface area contributed by atoms with E-state index in [-0.39, 0.29) is 0 Å². The molecule has 0 spiro atoms. The summed E-state index contributed by atoms with van der Waals surface area (Å²) in [4.78, 5) is 5.11. The van der Waals surface area contributed by atoms with E-state index in [2.05, 4.69) is 99.8 Å². The van der Waals surface area contributed by atoms with Gasteiger partial charge in [0.05, 0.1) is 27.6 Å². The van der Waals surface area contributed by atoms with Gasteiger partial charge in [0, 0.05) is 10.8 Å². The van der Waals surface area contributed by atoms with Gasteiger partial charge in [0.15, 0.2) is 0 Å². The van der Waals surface area contributed by atoms with Crippen LogP contribution < -0.4 is 0 Å². The third-order valence-electron chi connectivity index (χ3n) is 6.60. The highest BCUT2D eigenvalue weighted by molar-refractivity contribution is 6.24. The molecule has 3 nitrogen and oxygen atoms in total. The average Bonchev–Trinajstić information content (AvgIpc) is 3.42. The van der Waals surface area contributed by atoms with E-state index >= 15 is 0 Å². The van der Waals surface area contributed by atoms with Crippen molar-refractivity contribution in [3.05, 3.63) is 91.0 Å². The van der Waals surface area contributed by atoms with Gasteiger partial charge in [0.25, 0.3) is 0 Å². The summed E-state index contributed by atoms with van der Waals surface area (Å²) >= 11 is 0. The first-order valence-corrected chi connectivity index (χ1v) is 10.3. The molecule has 0 unspecified atom stereocenters. The lowest BCUT2D eigenvalue weighted by Gasteiger charge is -2.01. The zero-order valence-electron chi connectivity index (χ0n) is 16.0. The molecule has 0 aliphatic heterocycles. The van der Waals surface area contributed by atoms with Gasteiger partial charge in [0.1, 0.15) is 0 Å². The predicted molar refractivity (Wildman–Crippen MR) is 125 cm³/mol. The minimum atomic E-state index is 0.983. The predicted octanol–water partition coefficient (Wildman–Crippen LogP) is 6.79. The Balaban J connectivity index is 1.70. The quantitative estimate of drug-likeness (QED) is 0.283. The monoisotopic (exact) mass is 381 g/mol. The molecule has 0 amide bonds. The van der Waals surface area contributed by atoms with Crippen LogP contribution in [0.2, 0.25) is 0 Å². The van der Waals surface area contributed by atoms with Gasteiger partial charge in [-0.3, -0.25) is 8.80 Å². The second-order valence-electron chi connectivity index (χ2n) is 8.12. The Kier molecular flexibility index (Phi) is 2.42. The first-order valence-electron chi connectivity index (χ1n) is 10.3. The lowest BCUT2D eigenvalue weighted by atomic mass is 10.0. The number of rotatable bonds is 0. The fourth-order valence-electron chi connectivity index (χ4n) is 5.34. The van der Waals surface area contributed by atoms with Crippen molar-refractivity contribution in [3.8, 4) is 0 Å². The fraction of sp³-hybridized carbons (Fsp3) is 0. The maximum Gasteiger partial charge on any atom is 0.220 e. The Morgan fingerprint density at radius 1 is 0.533 bits per heavy atom. The molecule has 0 fully saturated rings. The summed E-state index contributed by atoms with van der Waals surface area (Å²) in [6.45, 7) is 0. The first kappa shape index (κ1) is 14.8. The van der Waals surface area contributed by atoms with E-state index in [1.807, 2.05) is 0 Å². The Morgan fingerprint density at radius 2 is 1.30 bits per heavy atom. The summed E-state index contributed by atoms with van der Waals surface area (Å²) in [6.07, 6.45) is 0. The molecule has 0 saturated heterocycles. The molecular formula is C27H15N3. The molecule has 8 rings (SSSR count). The molecule has 5 aromatic carbocycles. The van der Waals surface area contributed by atoms with Crippen LogP contribution in [0.5, 0.6) is 0 Å². The van der Waals surface area contributed by atoms with Gasteiger partial charge >= 0.3 is 0 Å². The van der Waals surface area contributed by atoms with Crippen LogP contribution in [-0.4, -0.2) is 13.8 Å². The summed E-state index contributed by atoms with van der Waals surface area (Å²) in [7, 11) is 0. The molecule has 3 heterocycles. The number of para-hydroxylation sites is 1. The molecule has 3 heteroatoms. The first-order chi connectivity index (χ1) is 14.9. The van der Waals surface area contributed by atoms with Crippen molar-refractivity contribution >= 4 is 65.7 Å². The molecule has 3 aromatic heterocycles. The second kappa shape index (κ2) is 4.89. The lowest BCUT2D eigenvalue weighted by Crippen LogP contribution is -1.84. The number of imidazole rings is 2. The van der Waals surface area contributed by atoms with Crippen molar-refractivity contribution in [2.75, 3.05) is 0 Å². The summed E-state index contributed by atoms with van der Waals surface area (Å²) in [5, 5.41) is 7.64. The minimum absolute atomic E-state index is 0.983. The van der Waals surface area contributed by atoms with Gasteiger partial charge in [-0.25, -0.2) is 4.98 Å². The largest absolute Gasteiger partial charge is 0.277 e. The van der Waals surface area contributed by atoms with Crippen molar-refractivity contribution in [1.82, 2.24) is 13.8 Å². The van der Waals surface area contributed by atoms with Gasteiger partial charge in [-0.05, 0) is 45.8 Å². The van der Waals surface area contributed by atoms with E-state index in [0.717, 1.165) is 16.8 Å².